The Hall–Kier alpha value is -1.13. The van der Waals surface area contributed by atoms with Crippen LogP contribution in [-0.2, 0) is 6.42 Å². The molecule has 1 saturated heterocycles. The number of anilines is 1. The monoisotopic (exact) mass is 221 g/mol. The normalized spacial score (nSPS) is 16.5. The number of rotatable bonds is 3. The quantitative estimate of drug-likeness (QED) is 0.772. The van der Waals surface area contributed by atoms with Crippen molar-refractivity contribution in [2.45, 2.75) is 13.3 Å². The first-order valence-electron chi connectivity index (χ1n) is 5.83. The number of nitrogens with zero attached hydrogens (tertiary/aromatic N) is 2. The minimum Gasteiger partial charge on any atom is -0.396 e. The number of aliphatic hydroxyl groups excluding tert-OH is 1. The first-order valence-corrected chi connectivity index (χ1v) is 5.83. The summed E-state index contributed by atoms with van der Waals surface area (Å²) in [6, 6.07) is 2.13. The van der Waals surface area contributed by atoms with Gasteiger partial charge in [-0.05, 0) is 24.5 Å². The predicted octanol–water partition coefficient (Wildman–Crippen LogP) is 0.334. The second kappa shape index (κ2) is 5.27. The summed E-state index contributed by atoms with van der Waals surface area (Å²) in [6.07, 6.45) is 2.57. The second-order valence-corrected chi connectivity index (χ2v) is 4.19. The molecule has 1 aliphatic heterocycles. The first-order chi connectivity index (χ1) is 7.81. The molecular weight excluding hydrogens is 202 g/mol. The van der Waals surface area contributed by atoms with Gasteiger partial charge >= 0.3 is 0 Å². The highest BCUT2D eigenvalue weighted by Gasteiger charge is 2.13. The maximum Gasteiger partial charge on any atom is 0.131 e. The molecule has 2 rings (SSSR count). The maximum atomic E-state index is 8.88. The van der Waals surface area contributed by atoms with Gasteiger partial charge in [0, 0.05) is 39.0 Å². The highest BCUT2D eigenvalue weighted by Crippen LogP contribution is 2.18. The summed E-state index contributed by atoms with van der Waals surface area (Å²) in [5.41, 5.74) is 2.31. The van der Waals surface area contributed by atoms with Gasteiger partial charge < -0.3 is 15.3 Å². The van der Waals surface area contributed by atoms with Crippen molar-refractivity contribution in [3.63, 3.8) is 0 Å². The lowest BCUT2D eigenvalue weighted by atomic mass is 10.1. The third-order valence-electron chi connectivity index (χ3n) is 2.92. The Kier molecular flexibility index (Phi) is 3.74. The zero-order valence-electron chi connectivity index (χ0n) is 9.74. The zero-order valence-corrected chi connectivity index (χ0v) is 9.74. The predicted molar refractivity (Wildman–Crippen MR) is 64.8 cm³/mol. The van der Waals surface area contributed by atoms with Crippen LogP contribution in [0.2, 0.25) is 0 Å². The van der Waals surface area contributed by atoms with Gasteiger partial charge in [0.1, 0.15) is 5.82 Å². The Bertz CT molecular complexity index is 348. The van der Waals surface area contributed by atoms with Gasteiger partial charge in [0.2, 0.25) is 0 Å². The summed E-state index contributed by atoms with van der Waals surface area (Å²) in [5, 5.41) is 12.2. The van der Waals surface area contributed by atoms with Crippen molar-refractivity contribution in [3.05, 3.63) is 23.4 Å². The molecule has 4 nitrogen and oxygen atoms in total. The molecule has 1 aliphatic rings. The molecule has 16 heavy (non-hydrogen) atoms. The van der Waals surface area contributed by atoms with Crippen molar-refractivity contribution in [1.29, 1.82) is 0 Å². The lowest BCUT2D eigenvalue weighted by Crippen LogP contribution is -2.44. The Labute approximate surface area is 96.3 Å². The van der Waals surface area contributed by atoms with E-state index in [9.17, 15) is 0 Å². The molecule has 1 aromatic rings. The number of aromatic nitrogens is 1. The van der Waals surface area contributed by atoms with E-state index in [-0.39, 0.29) is 6.61 Å². The summed E-state index contributed by atoms with van der Waals surface area (Å²) < 4.78 is 0. The van der Waals surface area contributed by atoms with E-state index >= 15 is 0 Å². The largest absolute Gasteiger partial charge is 0.396 e. The van der Waals surface area contributed by atoms with Crippen molar-refractivity contribution in [2.24, 2.45) is 0 Å². The van der Waals surface area contributed by atoms with Crippen LogP contribution in [0.4, 0.5) is 5.82 Å². The molecule has 2 heterocycles. The lowest BCUT2D eigenvalue weighted by molar-refractivity contribution is 0.299. The van der Waals surface area contributed by atoms with Crippen LogP contribution in [0.1, 0.15) is 11.1 Å². The minimum atomic E-state index is 0.189. The number of aryl methyl sites for hydroxylation is 1. The highest BCUT2D eigenvalue weighted by molar-refractivity contribution is 5.47. The third-order valence-corrected chi connectivity index (χ3v) is 2.92. The van der Waals surface area contributed by atoms with Gasteiger partial charge in [-0.25, -0.2) is 4.98 Å². The number of piperazine rings is 1. The number of pyridine rings is 1. The molecule has 88 valence electrons. The summed E-state index contributed by atoms with van der Waals surface area (Å²) in [5.74, 6) is 1.09. The van der Waals surface area contributed by atoms with E-state index in [1.54, 1.807) is 0 Å². The van der Waals surface area contributed by atoms with E-state index in [0.717, 1.165) is 37.6 Å². The van der Waals surface area contributed by atoms with Gasteiger partial charge in [0.05, 0.1) is 0 Å². The Morgan fingerprint density at radius 1 is 1.44 bits per heavy atom. The van der Waals surface area contributed by atoms with Crippen molar-refractivity contribution >= 4 is 5.82 Å². The van der Waals surface area contributed by atoms with Gasteiger partial charge in [0.25, 0.3) is 0 Å². The Balaban J connectivity index is 2.14. The van der Waals surface area contributed by atoms with E-state index < -0.39 is 0 Å². The van der Waals surface area contributed by atoms with Crippen LogP contribution in [-0.4, -0.2) is 42.9 Å². The van der Waals surface area contributed by atoms with E-state index in [1.807, 2.05) is 6.20 Å². The van der Waals surface area contributed by atoms with E-state index in [0.29, 0.717) is 6.42 Å². The molecule has 0 bridgehead atoms. The van der Waals surface area contributed by atoms with Gasteiger partial charge in [-0.2, -0.15) is 0 Å². The van der Waals surface area contributed by atoms with E-state index in [1.165, 1.54) is 5.56 Å². The average molecular weight is 221 g/mol. The average Bonchev–Trinajstić information content (AvgIpc) is 2.31. The Morgan fingerprint density at radius 3 is 2.81 bits per heavy atom. The molecular formula is C12H19N3O. The SMILES string of the molecule is Cc1cc(CCO)cnc1N1CCNCC1. The molecule has 0 aromatic carbocycles. The number of hydrogen-bond acceptors (Lipinski definition) is 4. The molecule has 0 unspecified atom stereocenters. The summed E-state index contributed by atoms with van der Waals surface area (Å²) in [6.45, 7) is 6.37. The maximum absolute atomic E-state index is 8.88. The standard InChI is InChI=1S/C12H19N3O/c1-10-8-11(2-7-16)9-14-12(10)15-5-3-13-4-6-15/h8-9,13,16H,2-7H2,1H3. The molecule has 0 amide bonds. The zero-order chi connectivity index (χ0) is 11.4. The van der Waals surface area contributed by atoms with Crippen LogP contribution in [0.5, 0.6) is 0 Å². The van der Waals surface area contributed by atoms with E-state index in [4.69, 9.17) is 5.11 Å². The summed E-state index contributed by atoms with van der Waals surface area (Å²) in [4.78, 5) is 6.82. The fourth-order valence-corrected chi connectivity index (χ4v) is 2.10. The molecule has 0 spiro atoms. The van der Waals surface area contributed by atoms with Crippen LogP contribution in [0, 0.1) is 6.92 Å². The van der Waals surface area contributed by atoms with Gasteiger partial charge in [-0.3, -0.25) is 0 Å². The Morgan fingerprint density at radius 2 is 2.19 bits per heavy atom. The molecule has 1 aromatic heterocycles. The molecule has 1 fully saturated rings. The van der Waals surface area contributed by atoms with Gasteiger partial charge in [-0.1, -0.05) is 6.07 Å². The molecule has 0 radical (unpaired) electrons. The summed E-state index contributed by atoms with van der Waals surface area (Å²) in [7, 11) is 0. The lowest BCUT2D eigenvalue weighted by Gasteiger charge is -2.29. The molecule has 4 heteroatoms. The van der Waals surface area contributed by atoms with Crippen LogP contribution in [0.15, 0.2) is 12.3 Å². The van der Waals surface area contributed by atoms with Crippen LogP contribution in [0.25, 0.3) is 0 Å². The molecule has 0 aliphatic carbocycles. The number of nitrogens with one attached hydrogen (secondary N) is 1. The molecule has 2 N–H and O–H groups in total. The molecule has 0 saturated carbocycles. The summed E-state index contributed by atoms with van der Waals surface area (Å²) >= 11 is 0. The fourth-order valence-electron chi connectivity index (χ4n) is 2.10. The molecule has 0 atom stereocenters. The topological polar surface area (TPSA) is 48.4 Å². The van der Waals surface area contributed by atoms with Crippen molar-refractivity contribution in [1.82, 2.24) is 10.3 Å². The van der Waals surface area contributed by atoms with Crippen LogP contribution >= 0.6 is 0 Å². The minimum absolute atomic E-state index is 0.189. The number of hydrogen-bond donors (Lipinski definition) is 2. The van der Waals surface area contributed by atoms with Crippen LogP contribution < -0.4 is 10.2 Å². The first kappa shape index (κ1) is 11.4. The van der Waals surface area contributed by atoms with Crippen molar-refractivity contribution in [3.8, 4) is 0 Å². The van der Waals surface area contributed by atoms with Crippen molar-refractivity contribution < 1.29 is 5.11 Å². The fraction of sp³-hybridized carbons (Fsp3) is 0.583. The van der Waals surface area contributed by atoms with Crippen molar-refractivity contribution in [2.75, 3.05) is 37.7 Å². The number of aliphatic hydroxyl groups is 1. The smallest absolute Gasteiger partial charge is 0.131 e. The van der Waals surface area contributed by atoms with Gasteiger partial charge in [-0.15, -0.1) is 0 Å². The van der Waals surface area contributed by atoms with E-state index in [2.05, 4.69) is 28.2 Å². The third kappa shape index (κ3) is 2.51. The van der Waals surface area contributed by atoms with Crippen LogP contribution in [0.3, 0.4) is 0 Å². The second-order valence-electron chi connectivity index (χ2n) is 4.19. The van der Waals surface area contributed by atoms with Gasteiger partial charge in [0.15, 0.2) is 0 Å². The highest BCUT2D eigenvalue weighted by atomic mass is 16.2.